The Hall–Kier alpha value is -3.37. The Bertz CT molecular complexity index is 1560. The average molecular weight is 598 g/mol. The van der Waals surface area contributed by atoms with Crippen LogP contribution in [0.15, 0.2) is 54.8 Å². The molecule has 2 atom stereocenters. The molecule has 0 fully saturated rings. The molecule has 2 heterocycles. The summed E-state index contributed by atoms with van der Waals surface area (Å²) >= 11 is 0. The highest BCUT2D eigenvalue weighted by Crippen LogP contribution is 2.34. The number of aryl methyl sites for hydroxylation is 2. The quantitative estimate of drug-likeness (QED) is 0.233. The van der Waals surface area contributed by atoms with Crippen LogP contribution in [0.2, 0.25) is 0 Å². The SMILES string of the molecule is Cl.O=c1oc2cccc(OCC(O)CNCC(O)COc3cccc4oc(=O)c5c(c34)CCCC5)c2c2c1CCCC2. The number of aliphatic hydroxyl groups is 2. The molecule has 6 rings (SSSR count). The third-order valence-electron chi connectivity index (χ3n) is 8.04. The van der Waals surface area contributed by atoms with Crippen molar-refractivity contribution in [2.45, 2.75) is 63.6 Å². The summed E-state index contributed by atoms with van der Waals surface area (Å²) in [5.74, 6) is 1.18. The molecule has 2 aromatic heterocycles. The Morgan fingerprint density at radius 1 is 0.667 bits per heavy atom. The summed E-state index contributed by atoms with van der Waals surface area (Å²) < 4.78 is 23.0. The molecule has 2 aliphatic carbocycles. The van der Waals surface area contributed by atoms with Gasteiger partial charge in [-0.25, -0.2) is 9.59 Å². The van der Waals surface area contributed by atoms with E-state index in [0.29, 0.717) is 35.5 Å². The Balaban J connectivity index is 0.00000353. The van der Waals surface area contributed by atoms with Crippen LogP contribution in [0.3, 0.4) is 0 Å². The Morgan fingerprint density at radius 3 is 1.50 bits per heavy atom. The predicted octanol–water partition coefficient (Wildman–Crippen LogP) is 3.85. The van der Waals surface area contributed by atoms with Crippen LogP contribution in [0.25, 0.3) is 21.9 Å². The maximum atomic E-state index is 12.4. The highest BCUT2D eigenvalue weighted by Gasteiger charge is 2.22. The van der Waals surface area contributed by atoms with Gasteiger partial charge in [-0.2, -0.15) is 0 Å². The number of ether oxygens (including phenoxy) is 2. The van der Waals surface area contributed by atoms with E-state index >= 15 is 0 Å². The number of benzene rings is 2. The van der Waals surface area contributed by atoms with E-state index in [9.17, 15) is 19.8 Å². The monoisotopic (exact) mass is 597 g/mol. The van der Waals surface area contributed by atoms with Crippen LogP contribution in [-0.4, -0.2) is 48.7 Å². The van der Waals surface area contributed by atoms with Crippen molar-refractivity contribution in [2.24, 2.45) is 0 Å². The Morgan fingerprint density at radius 2 is 1.07 bits per heavy atom. The van der Waals surface area contributed by atoms with Gasteiger partial charge in [0.15, 0.2) is 0 Å². The molecule has 2 unspecified atom stereocenters. The van der Waals surface area contributed by atoms with Crippen LogP contribution in [0, 0.1) is 0 Å². The van der Waals surface area contributed by atoms with Crippen molar-refractivity contribution in [3.8, 4) is 11.5 Å². The summed E-state index contributed by atoms with van der Waals surface area (Å²) in [6, 6.07) is 10.7. The molecule has 3 N–H and O–H groups in total. The zero-order chi connectivity index (χ0) is 28.3. The first-order chi connectivity index (χ1) is 20.0. The van der Waals surface area contributed by atoms with Crippen LogP contribution in [0.4, 0.5) is 0 Å². The summed E-state index contributed by atoms with van der Waals surface area (Å²) in [5, 5.41) is 25.7. The number of hydrogen-bond acceptors (Lipinski definition) is 9. The number of aliphatic hydroxyl groups excluding tert-OH is 2. The van der Waals surface area contributed by atoms with Gasteiger partial charge in [0, 0.05) is 24.2 Å². The van der Waals surface area contributed by atoms with Crippen LogP contribution in [0.1, 0.15) is 47.9 Å². The van der Waals surface area contributed by atoms with Crippen molar-refractivity contribution in [2.75, 3.05) is 26.3 Å². The molecular formula is C32H36ClNO8. The molecule has 0 amide bonds. The van der Waals surface area contributed by atoms with Crippen LogP contribution < -0.4 is 26.0 Å². The first kappa shape index (κ1) is 30.1. The van der Waals surface area contributed by atoms with E-state index in [1.807, 2.05) is 12.1 Å². The van der Waals surface area contributed by atoms with E-state index in [-0.39, 0.29) is 50.0 Å². The Labute approximate surface area is 248 Å². The number of halogens is 1. The van der Waals surface area contributed by atoms with E-state index in [1.165, 1.54) is 0 Å². The van der Waals surface area contributed by atoms with Gasteiger partial charge in [0.1, 0.15) is 48.1 Å². The lowest BCUT2D eigenvalue weighted by atomic mass is 9.90. The van der Waals surface area contributed by atoms with Crippen molar-refractivity contribution in [1.29, 1.82) is 0 Å². The van der Waals surface area contributed by atoms with Crippen molar-refractivity contribution >= 4 is 34.3 Å². The molecule has 4 aromatic rings. The zero-order valence-electron chi connectivity index (χ0n) is 23.4. The van der Waals surface area contributed by atoms with Gasteiger partial charge >= 0.3 is 11.3 Å². The van der Waals surface area contributed by atoms with Crippen molar-refractivity contribution < 1.29 is 28.5 Å². The molecule has 0 saturated carbocycles. The van der Waals surface area contributed by atoms with Gasteiger partial charge in [-0.3, -0.25) is 0 Å². The lowest BCUT2D eigenvalue weighted by Gasteiger charge is -2.20. The summed E-state index contributed by atoms with van der Waals surface area (Å²) in [5.41, 5.74) is 3.88. The van der Waals surface area contributed by atoms with Crippen molar-refractivity contribution in [3.05, 3.63) is 79.5 Å². The molecular weight excluding hydrogens is 562 g/mol. The predicted molar refractivity (Wildman–Crippen MR) is 161 cm³/mol. The fourth-order valence-electron chi connectivity index (χ4n) is 6.07. The first-order valence-corrected chi connectivity index (χ1v) is 14.5. The standard InChI is InChI=1S/C32H35NO8.ClH/c34-19(17-38-25-11-5-13-27-29(25)21-7-1-3-9-23(21)31(36)40-27)15-33-16-20(35)18-39-26-12-6-14-28-30(26)22-8-2-4-10-24(22)32(37)41-28;/h5-6,11-14,19-20,33-35H,1-4,7-10,15-18H2;1H. The van der Waals surface area contributed by atoms with Gasteiger partial charge in [0.25, 0.3) is 0 Å². The second-order valence-corrected chi connectivity index (χ2v) is 11.0. The van der Waals surface area contributed by atoms with Crippen molar-refractivity contribution in [1.82, 2.24) is 5.32 Å². The average Bonchev–Trinajstić information content (AvgIpc) is 2.99. The molecule has 42 heavy (non-hydrogen) atoms. The Kier molecular flexibility index (Phi) is 9.53. The molecule has 2 aromatic carbocycles. The minimum absolute atomic E-state index is 0. The molecule has 10 heteroatoms. The largest absolute Gasteiger partial charge is 0.490 e. The molecule has 2 aliphatic rings. The van der Waals surface area contributed by atoms with Gasteiger partial charge in [0.2, 0.25) is 0 Å². The maximum absolute atomic E-state index is 12.4. The molecule has 0 radical (unpaired) electrons. The third-order valence-corrected chi connectivity index (χ3v) is 8.04. The van der Waals surface area contributed by atoms with Gasteiger partial charge in [-0.1, -0.05) is 12.1 Å². The van der Waals surface area contributed by atoms with E-state index < -0.39 is 12.2 Å². The highest BCUT2D eigenvalue weighted by molar-refractivity contribution is 5.88. The summed E-state index contributed by atoms with van der Waals surface area (Å²) in [6.07, 6.45) is 5.34. The third kappa shape index (κ3) is 6.20. The van der Waals surface area contributed by atoms with E-state index in [0.717, 1.165) is 71.6 Å². The van der Waals surface area contributed by atoms with Gasteiger partial charge in [-0.15, -0.1) is 12.4 Å². The fraction of sp³-hybridized carbons (Fsp3) is 0.438. The summed E-state index contributed by atoms with van der Waals surface area (Å²) in [6.45, 7) is 0.502. The number of rotatable bonds is 10. The highest BCUT2D eigenvalue weighted by atomic mass is 35.5. The lowest BCUT2D eigenvalue weighted by molar-refractivity contribution is 0.0864. The van der Waals surface area contributed by atoms with E-state index in [1.54, 1.807) is 24.3 Å². The van der Waals surface area contributed by atoms with Gasteiger partial charge in [-0.05, 0) is 86.8 Å². The number of nitrogens with one attached hydrogen (secondary N) is 1. The first-order valence-electron chi connectivity index (χ1n) is 14.5. The second-order valence-electron chi connectivity index (χ2n) is 11.0. The molecule has 0 bridgehead atoms. The number of hydrogen-bond donors (Lipinski definition) is 3. The minimum atomic E-state index is -0.822. The summed E-state index contributed by atoms with van der Waals surface area (Å²) in [7, 11) is 0. The van der Waals surface area contributed by atoms with Crippen LogP contribution in [0.5, 0.6) is 11.5 Å². The van der Waals surface area contributed by atoms with Gasteiger partial charge < -0.3 is 33.8 Å². The van der Waals surface area contributed by atoms with Gasteiger partial charge in [0.05, 0.1) is 10.8 Å². The minimum Gasteiger partial charge on any atom is -0.490 e. The van der Waals surface area contributed by atoms with Crippen molar-refractivity contribution in [3.63, 3.8) is 0 Å². The molecule has 0 saturated heterocycles. The fourth-order valence-corrected chi connectivity index (χ4v) is 6.07. The number of fused-ring (bicyclic) bond motifs is 6. The molecule has 9 nitrogen and oxygen atoms in total. The van der Waals surface area contributed by atoms with E-state index in [2.05, 4.69) is 5.32 Å². The lowest BCUT2D eigenvalue weighted by Crippen LogP contribution is -2.37. The maximum Gasteiger partial charge on any atom is 0.339 e. The normalized spacial score (nSPS) is 15.9. The van der Waals surface area contributed by atoms with E-state index in [4.69, 9.17) is 18.3 Å². The topological polar surface area (TPSA) is 131 Å². The van der Waals surface area contributed by atoms with Crippen LogP contribution in [-0.2, 0) is 25.7 Å². The molecule has 0 aliphatic heterocycles. The smallest absolute Gasteiger partial charge is 0.339 e. The molecule has 224 valence electrons. The summed E-state index contributed by atoms with van der Waals surface area (Å²) in [4.78, 5) is 24.8. The second kappa shape index (κ2) is 13.3. The zero-order valence-corrected chi connectivity index (χ0v) is 24.2. The molecule has 0 spiro atoms. The van der Waals surface area contributed by atoms with Crippen LogP contribution >= 0.6 is 12.4 Å².